The minimum Gasteiger partial charge on any atom is -0.493 e. The number of rotatable bonds is 14. The molecule has 2 heterocycles. The Labute approximate surface area is 260 Å². The molecule has 2 aromatic rings. The standard InChI is InChI=1S/C31H37ClN2O10/c1-17(30(37)38)8-26(35)33-13-19-10-23(41-3)24(11-20(19)14-33)43-6-5-7-44-25-12-21-15-34(27(36)9-18(2)31(39)40)16-22(21)28(32)29(25)42-4/h10-12,17-18H,5-9,13-16H2,1-4H3,(H,37,38)(H,39,40). The summed E-state index contributed by atoms with van der Waals surface area (Å²) in [6.45, 7) is 4.90. The van der Waals surface area contributed by atoms with Gasteiger partial charge in [0.05, 0.1) is 44.3 Å². The fourth-order valence-corrected chi connectivity index (χ4v) is 5.52. The smallest absolute Gasteiger partial charge is 0.306 e. The summed E-state index contributed by atoms with van der Waals surface area (Å²) in [6, 6.07) is 5.47. The molecule has 0 radical (unpaired) electrons. The van der Waals surface area contributed by atoms with Crippen molar-refractivity contribution < 1.29 is 48.3 Å². The van der Waals surface area contributed by atoms with E-state index in [1.165, 1.54) is 28.1 Å². The van der Waals surface area contributed by atoms with Gasteiger partial charge in [-0.05, 0) is 40.5 Å². The zero-order valence-corrected chi connectivity index (χ0v) is 25.9. The van der Waals surface area contributed by atoms with E-state index in [-0.39, 0.29) is 37.8 Å². The van der Waals surface area contributed by atoms with Crippen LogP contribution >= 0.6 is 11.6 Å². The topological polar surface area (TPSA) is 152 Å². The summed E-state index contributed by atoms with van der Waals surface area (Å²) in [5, 5.41) is 18.6. The van der Waals surface area contributed by atoms with Gasteiger partial charge in [0.25, 0.3) is 0 Å². The van der Waals surface area contributed by atoms with Crippen LogP contribution in [0.2, 0.25) is 5.02 Å². The summed E-state index contributed by atoms with van der Waals surface area (Å²) >= 11 is 6.63. The lowest BCUT2D eigenvalue weighted by Gasteiger charge is -2.16. The average Bonchev–Trinajstić information content (AvgIpc) is 3.61. The highest BCUT2D eigenvalue weighted by Gasteiger charge is 2.31. The average molecular weight is 633 g/mol. The Hall–Kier alpha value is -4.19. The van der Waals surface area contributed by atoms with Crippen molar-refractivity contribution in [2.24, 2.45) is 11.8 Å². The van der Waals surface area contributed by atoms with Crippen LogP contribution in [0, 0.1) is 11.8 Å². The van der Waals surface area contributed by atoms with Crippen LogP contribution in [-0.4, -0.2) is 71.2 Å². The molecule has 0 spiro atoms. The van der Waals surface area contributed by atoms with Crippen molar-refractivity contribution in [3.63, 3.8) is 0 Å². The normalized spacial score (nSPS) is 14.8. The number of fused-ring (bicyclic) bond motifs is 2. The lowest BCUT2D eigenvalue weighted by molar-refractivity contribution is -0.145. The molecular formula is C31H37ClN2O10. The highest BCUT2D eigenvalue weighted by atomic mass is 35.5. The van der Waals surface area contributed by atoms with Gasteiger partial charge in [0.15, 0.2) is 23.0 Å². The predicted octanol–water partition coefficient (Wildman–Crippen LogP) is 4.11. The summed E-state index contributed by atoms with van der Waals surface area (Å²) in [4.78, 5) is 50.8. The number of aliphatic carboxylic acids is 2. The van der Waals surface area contributed by atoms with Crippen molar-refractivity contribution in [2.75, 3.05) is 27.4 Å². The van der Waals surface area contributed by atoms with E-state index in [1.807, 2.05) is 12.1 Å². The second-order valence-electron chi connectivity index (χ2n) is 11.1. The molecule has 0 aromatic heterocycles. The Bertz CT molecular complexity index is 1450. The van der Waals surface area contributed by atoms with Gasteiger partial charge in [-0.2, -0.15) is 0 Å². The molecular weight excluding hydrogens is 596 g/mol. The number of hydrogen-bond donors (Lipinski definition) is 2. The van der Waals surface area contributed by atoms with E-state index >= 15 is 0 Å². The lowest BCUT2D eigenvalue weighted by Crippen LogP contribution is -2.28. The second-order valence-corrected chi connectivity index (χ2v) is 11.4. The van der Waals surface area contributed by atoms with Gasteiger partial charge in [0, 0.05) is 45.4 Å². The number of ether oxygens (including phenoxy) is 4. The number of carboxylic acid groups (broad SMARTS) is 2. The maximum Gasteiger partial charge on any atom is 0.306 e. The third-order valence-electron chi connectivity index (χ3n) is 7.82. The van der Waals surface area contributed by atoms with Gasteiger partial charge in [0.1, 0.15) is 0 Å². The van der Waals surface area contributed by atoms with Crippen LogP contribution in [-0.2, 0) is 45.4 Å². The molecule has 13 heteroatoms. The Kier molecular flexibility index (Phi) is 10.5. The van der Waals surface area contributed by atoms with Crippen molar-refractivity contribution in [1.29, 1.82) is 0 Å². The van der Waals surface area contributed by atoms with E-state index in [2.05, 4.69) is 0 Å². The van der Waals surface area contributed by atoms with E-state index in [0.29, 0.717) is 60.7 Å². The Balaban J connectivity index is 1.33. The van der Waals surface area contributed by atoms with Crippen LogP contribution < -0.4 is 18.9 Å². The zero-order valence-electron chi connectivity index (χ0n) is 25.2. The van der Waals surface area contributed by atoms with Crippen LogP contribution in [0.25, 0.3) is 0 Å². The first kappa shape index (κ1) is 32.7. The molecule has 0 saturated carbocycles. The van der Waals surface area contributed by atoms with Crippen LogP contribution in [0.1, 0.15) is 55.4 Å². The molecule has 0 aliphatic carbocycles. The molecule has 238 valence electrons. The molecule has 2 atom stereocenters. The minimum absolute atomic E-state index is 0.0630. The number of carbonyl (C=O) groups is 4. The van der Waals surface area contributed by atoms with Crippen LogP contribution in [0.15, 0.2) is 18.2 Å². The highest BCUT2D eigenvalue weighted by Crippen LogP contribution is 2.43. The largest absolute Gasteiger partial charge is 0.493 e. The van der Waals surface area contributed by atoms with Gasteiger partial charge in [-0.15, -0.1) is 0 Å². The zero-order chi connectivity index (χ0) is 32.1. The number of carboxylic acids is 2. The quantitative estimate of drug-likeness (QED) is 0.291. The van der Waals surface area contributed by atoms with E-state index in [9.17, 15) is 19.2 Å². The molecule has 44 heavy (non-hydrogen) atoms. The van der Waals surface area contributed by atoms with Crippen LogP contribution in [0.5, 0.6) is 23.0 Å². The number of hydrogen-bond acceptors (Lipinski definition) is 8. The minimum atomic E-state index is -1.02. The van der Waals surface area contributed by atoms with Gasteiger partial charge in [-0.3, -0.25) is 19.2 Å². The molecule has 0 bridgehead atoms. The number of methoxy groups -OCH3 is 2. The first-order chi connectivity index (χ1) is 20.9. The molecule has 2 amide bonds. The van der Waals surface area contributed by atoms with E-state index < -0.39 is 23.8 Å². The predicted molar refractivity (Wildman–Crippen MR) is 158 cm³/mol. The van der Waals surface area contributed by atoms with Gasteiger partial charge >= 0.3 is 11.9 Å². The molecule has 2 unspecified atom stereocenters. The number of amides is 2. The van der Waals surface area contributed by atoms with Gasteiger partial charge in [0.2, 0.25) is 11.8 Å². The maximum absolute atomic E-state index is 12.7. The van der Waals surface area contributed by atoms with E-state index in [0.717, 1.165) is 22.3 Å². The van der Waals surface area contributed by atoms with Crippen molar-refractivity contribution in [3.8, 4) is 23.0 Å². The Morgan fingerprint density at radius 1 is 0.750 bits per heavy atom. The maximum atomic E-state index is 12.7. The third kappa shape index (κ3) is 7.29. The van der Waals surface area contributed by atoms with E-state index in [4.69, 9.17) is 40.8 Å². The summed E-state index contributed by atoms with van der Waals surface area (Å²) < 4.78 is 23.0. The van der Waals surface area contributed by atoms with Gasteiger partial charge in [-0.1, -0.05) is 25.4 Å². The van der Waals surface area contributed by atoms with Crippen LogP contribution in [0.3, 0.4) is 0 Å². The van der Waals surface area contributed by atoms with Gasteiger partial charge < -0.3 is 39.0 Å². The second kappa shape index (κ2) is 14.1. The summed E-state index contributed by atoms with van der Waals surface area (Å²) in [7, 11) is 3.02. The molecule has 2 aliphatic heterocycles. The van der Waals surface area contributed by atoms with E-state index in [1.54, 1.807) is 15.9 Å². The number of nitrogens with zero attached hydrogens (tertiary/aromatic N) is 2. The third-order valence-corrected chi connectivity index (χ3v) is 8.22. The highest BCUT2D eigenvalue weighted by molar-refractivity contribution is 6.33. The molecule has 0 fully saturated rings. The SMILES string of the molecule is COc1cc2c(cc1OCCCOc1cc3c(c(Cl)c1OC)CN(C(=O)CC(C)C(=O)O)C3)CN(C(=O)CC(C)C(=O)O)C2. The van der Waals surface area contributed by atoms with Crippen molar-refractivity contribution in [3.05, 3.63) is 45.5 Å². The van der Waals surface area contributed by atoms with Crippen molar-refractivity contribution in [2.45, 2.75) is 59.3 Å². The first-order valence-corrected chi connectivity index (χ1v) is 14.7. The molecule has 0 saturated heterocycles. The number of halogens is 1. The Morgan fingerprint density at radius 3 is 1.75 bits per heavy atom. The Morgan fingerprint density at radius 2 is 1.23 bits per heavy atom. The fraction of sp³-hybridized carbons (Fsp3) is 0.484. The molecule has 4 rings (SSSR count). The summed E-state index contributed by atoms with van der Waals surface area (Å²) in [5.41, 5.74) is 3.39. The number of benzene rings is 2. The van der Waals surface area contributed by atoms with Crippen molar-refractivity contribution in [1.82, 2.24) is 9.80 Å². The van der Waals surface area contributed by atoms with Gasteiger partial charge in [-0.25, -0.2) is 0 Å². The lowest BCUT2D eigenvalue weighted by atomic mass is 10.1. The summed E-state index contributed by atoms with van der Waals surface area (Å²) in [6.07, 6.45) is 0.346. The monoisotopic (exact) mass is 632 g/mol. The molecule has 12 nitrogen and oxygen atoms in total. The molecule has 2 aromatic carbocycles. The first-order valence-electron chi connectivity index (χ1n) is 14.3. The molecule has 2 N–H and O–H groups in total. The molecule has 2 aliphatic rings. The fourth-order valence-electron chi connectivity index (χ4n) is 5.17. The summed E-state index contributed by atoms with van der Waals surface area (Å²) in [5.74, 6) is -2.20. The van der Waals surface area contributed by atoms with Crippen LogP contribution in [0.4, 0.5) is 0 Å². The number of carbonyl (C=O) groups excluding carboxylic acids is 2. The van der Waals surface area contributed by atoms with Crippen molar-refractivity contribution >= 4 is 35.4 Å².